The van der Waals surface area contributed by atoms with Crippen LogP contribution >= 0.6 is 0 Å². The van der Waals surface area contributed by atoms with Crippen molar-refractivity contribution in [2.75, 3.05) is 38.4 Å². The lowest BCUT2D eigenvalue weighted by Crippen LogP contribution is -2.34. The first-order chi connectivity index (χ1) is 8.46. The van der Waals surface area contributed by atoms with Crippen LogP contribution in [-0.2, 0) is 4.74 Å². The molecule has 0 aliphatic carbocycles. The van der Waals surface area contributed by atoms with E-state index in [4.69, 9.17) is 15.2 Å². The summed E-state index contributed by atoms with van der Waals surface area (Å²) in [6.07, 6.45) is 0.522. The van der Waals surface area contributed by atoms with Gasteiger partial charge in [0.1, 0.15) is 5.82 Å². The van der Waals surface area contributed by atoms with E-state index in [0.717, 1.165) is 0 Å². The molecule has 0 fully saturated rings. The number of ether oxygens (including phenoxy) is 2. The van der Waals surface area contributed by atoms with E-state index in [0.29, 0.717) is 31.3 Å². The molecule has 7 heteroatoms. The summed E-state index contributed by atoms with van der Waals surface area (Å²) < 4.78 is 9.91. The topological polar surface area (TPSA) is 103 Å². The van der Waals surface area contributed by atoms with Crippen molar-refractivity contribution in [2.24, 2.45) is 0 Å². The molecule has 1 aromatic rings. The third-order valence-corrected chi connectivity index (χ3v) is 2.42. The monoisotopic (exact) mass is 256 g/mol. The van der Waals surface area contributed by atoms with E-state index in [1.165, 1.54) is 7.11 Å². The van der Waals surface area contributed by atoms with Gasteiger partial charge in [0, 0.05) is 32.7 Å². The first kappa shape index (κ1) is 14.5. The Balaban J connectivity index is 2.59. The fourth-order valence-corrected chi connectivity index (χ4v) is 1.33. The second-order valence-electron chi connectivity index (χ2n) is 4.25. The Morgan fingerprint density at radius 1 is 1.44 bits per heavy atom. The third kappa shape index (κ3) is 4.72. The number of rotatable bonds is 7. The first-order valence-corrected chi connectivity index (χ1v) is 5.60. The molecule has 1 heterocycles. The van der Waals surface area contributed by atoms with E-state index < -0.39 is 5.60 Å². The van der Waals surface area contributed by atoms with Crippen molar-refractivity contribution < 1.29 is 14.6 Å². The van der Waals surface area contributed by atoms with Crippen LogP contribution in [0.25, 0.3) is 0 Å². The van der Waals surface area contributed by atoms with Crippen LogP contribution in [0.2, 0.25) is 0 Å². The number of nitrogens with two attached hydrogens (primary N) is 1. The zero-order chi connectivity index (χ0) is 13.6. The molecule has 0 amide bonds. The SMILES string of the molecule is COCCC(C)(O)CNc1cc(OC)nc(N)n1. The zero-order valence-corrected chi connectivity index (χ0v) is 10.9. The molecular formula is C11H20N4O3. The molecule has 0 saturated heterocycles. The van der Waals surface area contributed by atoms with Gasteiger partial charge in [0.15, 0.2) is 0 Å². The lowest BCUT2D eigenvalue weighted by atomic mass is 10.0. The van der Waals surface area contributed by atoms with E-state index in [1.54, 1.807) is 20.1 Å². The van der Waals surface area contributed by atoms with Crippen LogP contribution in [0.3, 0.4) is 0 Å². The van der Waals surface area contributed by atoms with Crippen LogP contribution in [0.4, 0.5) is 11.8 Å². The smallest absolute Gasteiger partial charge is 0.225 e. The lowest BCUT2D eigenvalue weighted by Gasteiger charge is -2.23. The van der Waals surface area contributed by atoms with Gasteiger partial charge in [0.25, 0.3) is 0 Å². The van der Waals surface area contributed by atoms with Gasteiger partial charge >= 0.3 is 0 Å². The molecule has 18 heavy (non-hydrogen) atoms. The Morgan fingerprint density at radius 3 is 2.78 bits per heavy atom. The fraction of sp³-hybridized carbons (Fsp3) is 0.636. The Morgan fingerprint density at radius 2 is 2.17 bits per heavy atom. The molecule has 0 aliphatic heterocycles. The number of anilines is 2. The summed E-state index contributed by atoms with van der Waals surface area (Å²) in [5.41, 5.74) is 4.64. The largest absolute Gasteiger partial charge is 0.481 e. The van der Waals surface area contributed by atoms with Crippen molar-refractivity contribution in [2.45, 2.75) is 18.9 Å². The van der Waals surface area contributed by atoms with Gasteiger partial charge < -0.3 is 25.6 Å². The molecule has 102 valence electrons. The van der Waals surface area contributed by atoms with Gasteiger partial charge in [0.2, 0.25) is 11.8 Å². The number of aromatic nitrogens is 2. The van der Waals surface area contributed by atoms with Crippen LogP contribution in [0.5, 0.6) is 5.88 Å². The molecule has 0 spiro atoms. The Labute approximate surface area is 106 Å². The van der Waals surface area contributed by atoms with E-state index in [-0.39, 0.29) is 5.95 Å². The highest BCUT2D eigenvalue weighted by Gasteiger charge is 2.20. The molecular weight excluding hydrogens is 236 g/mol. The molecule has 0 aromatic carbocycles. The van der Waals surface area contributed by atoms with Crippen LogP contribution < -0.4 is 15.8 Å². The van der Waals surface area contributed by atoms with Crippen molar-refractivity contribution in [3.05, 3.63) is 6.07 Å². The molecule has 0 bridgehead atoms. The molecule has 0 saturated carbocycles. The van der Waals surface area contributed by atoms with Gasteiger partial charge in [-0.25, -0.2) is 0 Å². The summed E-state index contributed by atoms with van der Waals surface area (Å²) in [6, 6.07) is 1.61. The van der Waals surface area contributed by atoms with Gasteiger partial charge in [-0.2, -0.15) is 9.97 Å². The number of aliphatic hydroxyl groups is 1. The first-order valence-electron chi connectivity index (χ1n) is 5.60. The fourth-order valence-electron chi connectivity index (χ4n) is 1.33. The van der Waals surface area contributed by atoms with E-state index >= 15 is 0 Å². The Hall–Kier alpha value is -1.60. The molecule has 0 aliphatic rings. The number of nitrogens with one attached hydrogen (secondary N) is 1. The highest BCUT2D eigenvalue weighted by Crippen LogP contribution is 2.16. The summed E-state index contributed by atoms with van der Waals surface area (Å²) >= 11 is 0. The number of nitrogens with zero attached hydrogens (tertiary/aromatic N) is 2. The molecule has 1 aromatic heterocycles. The van der Waals surface area contributed by atoms with Gasteiger partial charge in [-0.3, -0.25) is 0 Å². The number of methoxy groups -OCH3 is 2. The van der Waals surface area contributed by atoms with E-state index in [2.05, 4.69) is 15.3 Å². The molecule has 1 unspecified atom stereocenters. The van der Waals surface area contributed by atoms with Gasteiger partial charge in [0.05, 0.1) is 12.7 Å². The van der Waals surface area contributed by atoms with Crippen LogP contribution in [0.1, 0.15) is 13.3 Å². The van der Waals surface area contributed by atoms with Crippen LogP contribution in [0.15, 0.2) is 6.07 Å². The van der Waals surface area contributed by atoms with Gasteiger partial charge in [-0.05, 0) is 6.92 Å². The van der Waals surface area contributed by atoms with Gasteiger partial charge in [-0.15, -0.1) is 0 Å². The quantitative estimate of drug-likeness (QED) is 0.643. The van der Waals surface area contributed by atoms with Crippen molar-refractivity contribution in [3.63, 3.8) is 0 Å². The molecule has 4 N–H and O–H groups in total. The predicted molar refractivity (Wildman–Crippen MR) is 68.6 cm³/mol. The van der Waals surface area contributed by atoms with Crippen molar-refractivity contribution in [3.8, 4) is 5.88 Å². The zero-order valence-electron chi connectivity index (χ0n) is 10.9. The molecule has 0 radical (unpaired) electrons. The minimum absolute atomic E-state index is 0.119. The summed E-state index contributed by atoms with van der Waals surface area (Å²) in [7, 11) is 3.10. The standard InChI is InChI=1S/C11H20N4O3/c1-11(16,4-5-17-2)7-13-8-6-9(18-3)15-10(12)14-8/h6,16H,4-5,7H2,1-3H3,(H3,12,13,14,15). The second-order valence-corrected chi connectivity index (χ2v) is 4.25. The number of nitrogen functional groups attached to an aromatic ring is 1. The van der Waals surface area contributed by atoms with Crippen molar-refractivity contribution >= 4 is 11.8 Å². The second kappa shape index (κ2) is 6.36. The maximum Gasteiger partial charge on any atom is 0.225 e. The van der Waals surface area contributed by atoms with Gasteiger partial charge in [-0.1, -0.05) is 0 Å². The normalized spacial score (nSPS) is 14.0. The van der Waals surface area contributed by atoms with Crippen molar-refractivity contribution in [1.29, 1.82) is 0 Å². The van der Waals surface area contributed by atoms with Crippen LogP contribution in [-0.4, -0.2) is 48.0 Å². The maximum atomic E-state index is 10.1. The molecule has 1 atom stereocenters. The highest BCUT2D eigenvalue weighted by molar-refractivity contribution is 5.42. The molecule has 1 rings (SSSR count). The van der Waals surface area contributed by atoms with E-state index in [1.807, 2.05) is 0 Å². The van der Waals surface area contributed by atoms with Crippen molar-refractivity contribution in [1.82, 2.24) is 9.97 Å². The minimum Gasteiger partial charge on any atom is -0.481 e. The molecule has 7 nitrogen and oxygen atoms in total. The average molecular weight is 256 g/mol. The summed E-state index contributed by atoms with van der Waals surface area (Å²) in [4.78, 5) is 7.87. The number of hydrogen-bond donors (Lipinski definition) is 3. The number of hydrogen-bond acceptors (Lipinski definition) is 7. The summed E-state index contributed by atoms with van der Waals surface area (Å²) in [6.45, 7) is 2.54. The maximum absolute atomic E-state index is 10.1. The average Bonchev–Trinajstić information content (AvgIpc) is 2.33. The third-order valence-electron chi connectivity index (χ3n) is 2.42. The van der Waals surface area contributed by atoms with Crippen LogP contribution in [0, 0.1) is 0 Å². The minimum atomic E-state index is -0.886. The lowest BCUT2D eigenvalue weighted by molar-refractivity contribution is 0.0357. The highest BCUT2D eigenvalue weighted by atomic mass is 16.5. The van der Waals surface area contributed by atoms with E-state index in [9.17, 15) is 5.11 Å². The predicted octanol–water partition coefficient (Wildman–Crippen LogP) is 0.267. The Bertz CT molecular complexity index is 385. The summed E-state index contributed by atoms with van der Waals surface area (Å²) in [5.74, 6) is 1.01. The Kier molecular flexibility index (Phi) is 5.11. The summed E-state index contributed by atoms with van der Waals surface area (Å²) in [5, 5.41) is 13.0.